The number of ether oxygens (including phenoxy) is 1. The van der Waals surface area contributed by atoms with Crippen molar-refractivity contribution in [3.8, 4) is 0 Å². The summed E-state index contributed by atoms with van der Waals surface area (Å²) >= 11 is 12.3. The van der Waals surface area contributed by atoms with E-state index in [9.17, 15) is 14.4 Å². The van der Waals surface area contributed by atoms with E-state index in [0.29, 0.717) is 22.3 Å². The van der Waals surface area contributed by atoms with Gasteiger partial charge < -0.3 is 20.3 Å². The van der Waals surface area contributed by atoms with Crippen molar-refractivity contribution in [1.29, 1.82) is 0 Å². The Kier molecular flexibility index (Phi) is 7.51. The summed E-state index contributed by atoms with van der Waals surface area (Å²) in [5.74, 6) is -2.24. The van der Waals surface area contributed by atoms with Gasteiger partial charge in [0.25, 0.3) is 0 Å². The Bertz CT molecular complexity index is 1210. The lowest BCUT2D eigenvalue weighted by Gasteiger charge is -2.34. The lowest BCUT2D eigenvalue weighted by Crippen LogP contribution is -2.56. The predicted octanol–water partition coefficient (Wildman–Crippen LogP) is 5.42. The van der Waals surface area contributed by atoms with Crippen LogP contribution in [0.1, 0.15) is 64.2 Å². The molecule has 1 aromatic rings. The minimum Gasteiger partial charge on any atom is -0.359 e. The Morgan fingerprint density at radius 1 is 1.03 bits per heavy atom. The van der Waals surface area contributed by atoms with E-state index in [1.165, 1.54) is 18.4 Å². The van der Waals surface area contributed by atoms with E-state index in [1.54, 1.807) is 23.1 Å². The molecule has 3 aliphatic heterocycles. The number of likely N-dealkylation sites (tertiary alicyclic amines) is 1. The predicted molar refractivity (Wildman–Crippen MR) is 151 cm³/mol. The van der Waals surface area contributed by atoms with E-state index < -0.39 is 29.6 Å². The molecule has 1 spiro atoms. The summed E-state index contributed by atoms with van der Waals surface area (Å²) in [4.78, 5) is 43.4. The SMILES string of the molecule is O=C(Nc1cc(Cl)cc(Cl)c1)[C@H]1[C@@H]2C=C[C@]3(O2)[C@@H]1C(=O)N(CCC1=CCCCC1)[C@@H]3C(=O)NC1CCCCC1. The van der Waals surface area contributed by atoms with Gasteiger partial charge in [0.2, 0.25) is 17.7 Å². The number of allylic oxidation sites excluding steroid dienone is 1. The molecule has 3 fully saturated rings. The number of hydrogen-bond acceptors (Lipinski definition) is 4. The number of carbonyl (C=O) groups excluding carboxylic acids is 3. The molecule has 5 aliphatic rings. The first-order valence-corrected chi connectivity index (χ1v) is 15.0. The van der Waals surface area contributed by atoms with Gasteiger partial charge in [-0.05, 0) is 63.1 Å². The summed E-state index contributed by atoms with van der Waals surface area (Å²) in [5.41, 5.74) is 0.634. The highest BCUT2D eigenvalue weighted by Gasteiger charge is 2.72. The van der Waals surface area contributed by atoms with Crippen LogP contribution in [0.2, 0.25) is 10.0 Å². The third-order valence-corrected chi connectivity index (χ3v) is 9.50. The van der Waals surface area contributed by atoms with E-state index in [1.807, 2.05) is 12.2 Å². The van der Waals surface area contributed by atoms with Crippen molar-refractivity contribution in [2.75, 3.05) is 11.9 Å². The van der Waals surface area contributed by atoms with Crippen LogP contribution in [0.25, 0.3) is 0 Å². The monoisotopic (exact) mass is 571 g/mol. The van der Waals surface area contributed by atoms with E-state index in [-0.39, 0.29) is 23.8 Å². The number of hydrogen-bond donors (Lipinski definition) is 2. The van der Waals surface area contributed by atoms with Crippen molar-refractivity contribution >= 4 is 46.6 Å². The number of benzene rings is 1. The molecule has 2 N–H and O–H groups in total. The fraction of sp³-hybridized carbons (Fsp3) is 0.567. The highest BCUT2D eigenvalue weighted by molar-refractivity contribution is 6.35. The quantitative estimate of drug-likeness (QED) is 0.427. The van der Waals surface area contributed by atoms with E-state index in [2.05, 4.69) is 16.7 Å². The maximum absolute atomic E-state index is 14.1. The molecule has 2 bridgehead atoms. The number of carbonyl (C=O) groups is 3. The maximum atomic E-state index is 14.1. The number of amides is 3. The zero-order chi connectivity index (χ0) is 27.1. The van der Waals surface area contributed by atoms with Gasteiger partial charge in [-0.3, -0.25) is 14.4 Å². The van der Waals surface area contributed by atoms with Gasteiger partial charge in [-0.1, -0.05) is 66.3 Å². The van der Waals surface area contributed by atoms with Crippen LogP contribution in [0.5, 0.6) is 0 Å². The maximum Gasteiger partial charge on any atom is 0.246 e. The molecule has 0 unspecified atom stereocenters. The molecular weight excluding hydrogens is 537 g/mol. The lowest BCUT2D eigenvalue weighted by molar-refractivity contribution is -0.141. The first-order chi connectivity index (χ1) is 18.9. The van der Waals surface area contributed by atoms with Gasteiger partial charge in [0.15, 0.2) is 0 Å². The molecule has 3 amide bonds. The van der Waals surface area contributed by atoms with Crippen molar-refractivity contribution in [3.63, 3.8) is 0 Å². The van der Waals surface area contributed by atoms with Crippen LogP contribution in [-0.2, 0) is 19.1 Å². The molecule has 9 heteroatoms. The Labute approximate surface area is 239 Å². The summed E-state index contributed by atoms with van der Waals surface area (Å²) in [5, 5.41) is 6.93. The Hall–Kier alpha value is -2.35. The second-order valence-electron chi connectivity index (χ2n) is 11.6. The summed E-state index contributed by atoms with van der Waals surface area (Å²) in [7, 11) is 0. The zero-order valence-electron chi connectivity index (χ0n) is 22.0. The first-order valence-electron chi connectivity index (χ1n) is 14.3. The molecule has 2 aliphatic carbocycles. The molecular formula is C30H35Cl2N3O4. The summed E-state index contributed by atoms with van der Waals surface area (Å²) in [6.07, 6.45) is 15.8. The third kappa shape index (κ3) is 5.02. The van der Waals surface area contributed by atoms with Crippen LogP contribution >= 0.6 is 23.2 Å². The van der Waals surface area contributed by atoms with Crippen LogP contribution in [-0.4, -0.2) is 53.0 Å². The molecule has 6 rings (SSSR count). The van der Waals surface area contributed by atoms with Crippen LogP contribution in [0.4, 0.5) is 5.69 Å². The van der Waals surface area contributed by atoms with Crippen LogP contribution < -0.4 is 10.6 Å². The largest absolute Gasteiger partial charge is 0.359 e. The first kappa shape index (κ1) is 26.9. The molecule has 7 nitrogen and oxygen atoms in total. The number of fused-ring (bicyclic) bond motifs is 1. The number of anilines is 1. The van der Waals surface area contributed by atoms with Gasteiger partial charge >= 0.3 is 0 Å². The second-order valence-corrected chi connectivity index (χ2v) is 12.5. The molecule has 1 saturated carbocycles. The molecule has 39 heavy (non-hydrogen) atoms. The number of nitrogens with one attached hydrogen (secondary N) is 2. The third-order valence-electron chi connectivity index (χ3n) is 9.07. The van der Waals surface area contributed by atoms with E-state index in [4.69, 9.17) is 27.9 Å². The number of halogens is 2. The molecule has 208 valence electrons. The Morgan fingerprint density at radius 3 is 2.51 bits per heavy atom. The van der Waals surface area contributed by atoms with E-state index in [0.717, 1.165) is 51.4 Å². The minimum atomic E-state index is -1.16. The molecule has 5 atom stereocenters. The van der Waals surface area contributed by atoms with Crippen molar-refractivity contribution in [3.05, 3.63) is 52.0 Å². The Morgan fingerprint density at radius 2 is 1.79 bits per heavy atom. The molecule has 2 saturated heterocycles. The summed E-state index contributed by atoms with van der Waals surface area (Å²) in [6.45, 7) is 0.436. The Balaban J connectivity index is 1.28. The highest BCUT2D eigenvalue weighted by Crippen LogP contribution is 2.55. The fourth-order valence-electron chi connectivity index (χ4n) is 7.28. The van der Waals surface area contributed by atoms with Gasteiger partial charge in [-0.25, -0.2) is 0 Å². The van der Waals surface area contributed by atoms with Gasteiger partial charge in [0.05, 0.1) is 17.9 Å². The fourth-order valence-corrected chi connectivity index (χ4v) is 7.81. The molecule has 0 radical (unpaired) electrons. The van der Waals surface area contributed by atoms with Crippen molar-refractivity contribution in [2.45, 2.75) is 88.0 Å². The average Bonchev–Trinajstić information content (AvgIpc) is 3.55. The van der Waals surface area contributed by atoms with Crippen molar-refractivity contribution in [1.82, 2.24) is 10.2 Å². The average molecular weight is 573 g/mol. The number of rotatable bonds is 7. The standard InChI is InChI=1S/C30H35Cl2N3O4/c31-19-15-20(32)17-22(16-19)34-27(36)24-23-11-13-30(39-23)25(24)29(38)35(14-12-18-7-3-1-4-8-18)26(30)28(37)33-21-9-5-2-6-10-21/h7,11,13,15-17,21,23-26H,1-6,8-10,12,14H2,(H,33,37)(H,34,36)/t23-,24-,25-,26+,30-/m0/s1. The van der Waals surface area contributed by atoms with Gasteiger partial charge in [0.1, 0.15) is 11.6 Å². The number of nitrogens with zero attached hydrogens (tertiary/aromatic N) is 1. The summed E-state index contributed by atoms with van der Waals surface area (Å²) < 4.78 is 6.46. The van der Waals surface area contributed by atoms with Crippen LogP contribution in [0.3, 0.4) is 0 Å². The van der Waals surface area contributed by atoms with Gasteiger partial charge in [-0.15, -0.1) is 0 Å². The molecule has 3 heterocycles. The zero-order valence-corrected chi connectivity index (χ0v) is 23.5. The van der Waals surface area contributed by atoms with Crippen molar-refractivity contribution in [2.24, 2.45) is 11.8 Å². The smallest absolute Gasteiger partial charge is 0.246 e. The summed E-state index contributed by atoms with van der Waals surface area (Å²) in [6, 6.07) is 4.13. The topological polar surface area (TPSA) is 87.7 Å². The van der Waals surface area contributed by atoms with E-state index >= 15 is 0 Å². The van der Waals surface area contributed by atoms with Crippen molar-refractivity contribution < 1.29 is 19.1 Å². The van der Waals surface area contributed by atoms with Gasteiger partial charge in [0, 0.05) is 28.3 Å². The minimum absolute atomic E-state index is 0.106. The molecule has 1 aromatic carbocycles. The second kappa shape index (κ2) is 10.9. The highest BCUT2D eigenvalue weighted by atomic mass is 35.5. The van der Waals surface area contributed by atoms with Crippen LogP contribution in [0.15, 0.2) is 42.0 Å². The normalized spacial score (nSPS) is 31.8. The van der Waals surface area contributed by atoms with Crippen LogP contribution in [0, 0.1) is 11.8 Å². The van der Waals surface area contributed by atoms with Gasteiger partial charge in [-0.2, -0.15) is 0 Å². The molecule has 0 aromatic heterocycles. The lowest BCUT2D eigenvalue weighted by atomic mass is 9.74.